The van der Waals surface area contributed by atoms with E-state index in [2.05, 4.69) is 10.4 Å². The van der Waals surface area contributed by atoms with Gasteiger partial charge in [0.25, 0.3) is 5.91 Å². The number of hydrogen-bond acceptors (Lipinski definition) is 3. The number of amides is 1. The molecular weight excluding hydrogens is 355 g/mol. The minimum Gasteiger partial charge on any atom is -0.319 e. The number of pyridine rings is 1. The van der Waals surface area contributed by atoms with E-state index in [1.807, 2.05) is 13.8 Å². The second-order valence-electron chi connectivity index (χ2n) is 6.87. The largest absolute Gasteiger partial charge is 0.319 e. The molecule has 3 aromatic rings. The molecule has 1 aliphatic carbocycles. The average molecular weight is 373 g/mol. The van der Waals surface area contributed by atoms with E-state index in [1.165, 1.54) is 18.2 Å². The predicted octanol–water partition coefficient (Wildman–Crippen LogP) is 4.93. The van der Waals surface area contributed by atoms with E-state index in [4.69, 9.17) is 16.6 Å². The zero-order chi connectivity index (χ0) is 18.4. The molecule has 0 spiro atoms. The van der Waals surface area contributed by atoms with Crippen molar-refractivity contribution in [1.82, 2.24) is 14.8 Å². The highest BCUT2D eigenvalue weighted by molar-refractivity contribution is 6.30. The summed E-state index contributed by atoms with van der Waals surface area (Å²) >= 11 is 5.77. The number of aromatic nitrogens is 3. The molecule has 0 unspecified atom stereocenters. The topological polar surface area (TPSA) is 59.8 Å². The van der Waals surface area contributed by atoms with Crippen molar-refractivity contribution in [3.8, 4) is 0 Å². The Morgan fingerprint density at radius 1 is 1.35 bits per heavy atom. The molecule has 0 bridgehead atoms. The van der Waals surface area contributed by atoms with Gasteiger partial charge in [-0.25, -0.2) is 14.1 Å². The summed E-state index contributed by atoms with van der Waals surface area (Å²) in [6.07, 6.45) is 3.79. The van der Waals surface area contributed by atoms with Gasteiger partial charge in [0.15, 0.2) is 5.65 Å². The summed E-state index contributed by atoms with van der Waals surface area (Å²) in [5.74, 6) is -0.575. The lowest BCUT2D eigenvalue weighted by molar-refractivity contribution is 0.102. The number of carbonyl (C=O) groups excluding carboxylic acids is 1. The van der Waals surface area contributed by atoms with Gasteiger partial charge in [0.1, 0.15) is 5.82 Å². The van der Waals surface area contributed by atoms with Gasteiger partial charge in [-0.2, -0.15) is 5.10 Å². The standard InChI is InChI=1S/C19H18ClFN4O/c1-10(2)25-18-14(9-22-25)13(8-17(23-18)11-3-4-11)19(26)24-16-6-5-12(20)7-15(16)21/h5-11H,3-4H2,1-2H3,(H,24,26). The number of anilines is 1. The first-order valence-corrected chi connectivity index (χ1v) is 8.96. The van der Waals surface area contributed by atoms with Crippen LogP contribution in [0.15, 0.2) is 30.5 Å². The van der Waals surface area contributed by atoms with Crippen molar-refractivity contribution in [3.63, 3.8) is 0 Å². The van der Waals surface area contributed by atoms with Crippen LogP contribution in [0, 0.1) is 5.82 Å². The lowest BCUT2D eigenvalue weighted by Gasteiger charge is -2.11. The predicted molar refractivity (Wildman–Crippen MR) is 99.3 cm³/mol. The van der Waals surface area contributed by atoms with Crippen LogP contribution in [0.25, 0.3) is 11.0 Å². The SMILES string of the molecule is CC(C)n1ncc2c(C(=O)Nc3ccc(Cl)cc3F)cc(C3CC3)nc21. The quantitative estimate of drug-likeness (QED) is 0.706. The first kappa shape index (κ1) is 17.0. The van der Waals surface area contributed by atoms with Crippen molar-refractivity contribution < 1.29 is 9.18 Å². The highest BCUT2D eigenvalue weighted by atomic mass is 35.5. The fraction of sp³-hybridized carbons (Fsp3) is 0.316. The highest BCUT2D eigenvalue weighted by Crippen LogP contribution is 2.40. The molecule has 1 aromatic carbocycles. The third-order valence-electron chi connectivity index (χ3n) is 4.50. The van der Waals surface area contributed by atoms with Crippen molar-refractivity contribution in [1.29, 1.82) is 0 Å². The van der Waals surface area contributed by atoms with Crippen LogP contribution >= 0.6 is 11.6 Å². The maximum absolute atomic E-state index is 14.0. The van der Waals surface area contributed by atoms with E-state index >= 15 is 0 Å². The minimum absolute atomic E-state index is 0.0913. The lowest BCUT2D eigenvalue weighted by atomic mass is 10.1. The van der Waals surface area contributed by atoms with Gasteiger partial charge >= 0.3 is 0 Å². The highest BCUT2D eigenvalue weighted by Gasteiger charge is 2.28. The molecule has 26 heavy (non-hydrogen) atoms. The molecule has 0 atom stereocenters. The third kappa shape index (κ3) is 3.05. The summed E-state index contributed by atoms with van der Waals surface area (Å²) < 4.78 is 15.8. The minimum atomic E-state index is -0.573. The van der Waals surface area contributed by atoms with Gasteiger partial charge in [-0.3, -0.25) is 4.79 Å². The molecule has 7 heteroatoms. The maximum atomic E-state index is 14.0. The molecule has 1 amide bonds. The number of benzene rings is 1. The first-order valence-electron chi connectivity index (χ1n) is 8.58. The first-order chi connectivity index (χ1) is 12.4. The van der Waals surface area contributed by atoms with Gasteiger partial charge in [0.2, 0.25) is 0 Å². The molecular formula is C19H18ClFN4O. The Hall–Kier alpha value is -2.47. The van der Waals surface area contributed by atoms with Crippen molar-refractivity contribution >= 4 is 34.2 Å². The fourth-order valence-corrected chi connectivity index (χ4v) is 3.13. The Kier molecular flexibility index (Phi) is 4.15. The van der Waals surface area contributed by atoms with Gasteiger partial charge in [0, 0.05) is 22.7 Å². The van der Waals surface area contributed by atoms with E-state index in [9.17, 15) is 9.18 Å². The molecule has 0 radical (unpaired) electrons. The van der Waals surface area contributed by atoms with Gasteiger partial charge in [-0.05, 0) is 51.0 Å². The van der Waals surface area contributed by atoms with Crippen LogP contribution in [-0.2, 0) is 0 Å². The number of carbonyl (C=O) groups is 1. The molecule has 0 aliphatic heterocycles. The number of nitrogens with one attached hydrogen (secondary N) is 1. The Morgan fingerprint density at radius 3 is 2.77 bits per heavy atom. The molecule has 2 heterocycles. The maximum Gasteiger partial charge on any atom is 0.256 e. The van der Waals surface area contributed by atoms with Crippen LogP contribution in [0.4, 0.5) is 10.1 Å². The number of rotatable bonds is 4. The molecule has 4 rings (SSSR count). The van der Waals surface area contributed by atoms with Crippen LogP contribution in [-0.4, -0.2) is 20.7 Å². The summed E-state index contributed by atoms with van der Waals surface area (Å²) in [5, 5.41) is 7.95. The molecule has 2 aromatic heterocycles. The van der Waals surface area contributed by atoms with Crippen molar-refractivity contribution in [2.75, 3.05) is 5.32 Å². The second-order valence-corrected chi connectivity index (χ2v) is 7.30. The van der Waals surface area contributed by atoms with Crippen LogP contribution < -0.4 is 5.32 Å². The van der Waals surface area contributed by atoms with Crippen molar-refractivity contribution in [3.05, 3.63) is 52.6 Å². The number of hydrogen-bond donors (Lipinski definition) is 1. The molecule has 1 N–H and O–H groups in total. The van der Waals surface area contributed by atoms with Gasteiger partial charge in [0.05, 0.1) is 22.8 Å². The van der Waals surface area contributed by atoms with Crippen molar-refractivity contribution in [2.24, 2.45) is 0 Å². The zero-order valence-corrected chi connectivity index (χ0v) is 15.2. The van der Waals surface area contributed by atoms with Crippen LogP contribution in [0.5, 0.6) is 0 Å². The second kappa shape index (κ2) is 6.36. The van der Waals surface area contributed by atoms with Crippen LogP contribution in [0.3, 0.4) is 0 Å². The summed E-state index contributed by atoms with van der Waals surface area (Å²) in [6, 6.07) is 6.09. The zero-order valence-electron chi connectivity index (χ0n) is 14.5. The Labute approximate surface area is 155 Å². The van der Waals surface area contributed by atoms with Crippen molar-refractivity contribution in [2.45, 2.75) is 38.6 Å². The molecule has 1 fully saturated rings. The average Bonchev–Trinajstić information content (AvgIpc) is 3.35. The van der Waals surface area contributed by atoms with E-state index in [0.29, 0.717) is 22.5 Å². The molecule has 1 aliphatic rings. The summed E-state index contributed by atoms with van der Waals surface area (Å²) in [4.78, 5) is 17.6. The smallest absolute Gasteiger partial charge is 0.256 e. The molecule has 5 nitrogen and oxygen atoms in total. The normalized spacial score (nSPS) is 14.2. The Morgan fingerprint density at radius 2 is 2.12 bits per heavy atom. The van der Waals surface area contributed by atoms with E-state index < -0.39 is 5.82 Å². The van der Waals surface area contributed by atoms with Gasteiger partial charge in [-0.15, -0.1) is 0 Å². The molecule has 0 saturated heterocycles. The van der Waals surface area contributed by atoms with E-state index in [1.54, 1.807) is 16.9 Å². The van der Waals surface area contributed by atoms with Crippen LogP contribution in [0.2, 0.25) is 5.02 Å². The van der Waals surface area contributed by atoms with E-state index in [0.717, 1.165) is 18.5 Å². The summed E-state index contributed by atoms with van der Waals surface area (Å²) in [5.41, 5.74) is 2.12. The van der Waals surface area contributed by atoms with E-state index in [-0.39, 0.29) is 22.7 Å². The Balaban J connectivity index is 1.78. The van der Waals surface area contributed by atoms with Gasteiger partial charge < -0.3 is 5.32 Å². The van der Waals surface area contributed by atoms with Crippen LogP contribution in [0.1, 0.15) is 54.7 Å². The Bertz CT molecular complexity index is 1010. The monoisotopic (exact) mass is 372 g/mol. The number of nitrogens with zero attached hydrogens (tertiary/aromatic N) is 3. The molecule has 1 saturated carbocycles. The summed E-state index contributed by atoms with van der Waals surface area (Å²) in [7, 11) is 0. The fourth-order valence-electron chi connectivity index (χ4n) is 2.97. The lowest BCUT2D eigenvalue weighted by Crippen LogP contribution is -2.14. The third-order valence-corrected chi connectivity index (χ3v) is 4.73. The molecule has 134 valence electrons. The number of fused-ring (bicyclic) bond motifs is 1. The van der Waals surface area contributed by atoms with Gasteiger partial charge in [-0.1, -0.05) is 11.6 Å². The number of halogens is 2. The summed E-state index contributed by atoms with van der Waals surface area (Å²) in [6.45, 7) is 4.03.